The molecule has 2 unspecified atom stereocenters. The highest BCUT2D eigenvalue weighted by molar-refractivity contribution is 6.00. The Hall–Kier alpha value is -2.93. The number of carbonyl (C=O) groups excluding carboxylic acids is 2. The molecule has 0 saturated carbocycles. The quantitative estimate of drug-likeness (QED) is 0.130. The van der Waals surface area contributed by atoms with Gasteiger partial charge in [0.05, 0.1) is 38.6 Å². The Morgan fingerprint density at radius 3 is 2.41 bits per heavy atom. The molecule has 2 atom stereocenters. The van der Waals surface area contributed by atoms with E-state index in [1.54, 1.807) is 20.8 Å². The second-order valence-electron chi connectivity index (χ2n) is 9.02. The number of nitrogens with zero attached hydrogens (tertiary/aromatic N) is 2. The lowest BCUT2D eigenvalue weighted by atomic mass is 9.78. The van der Waals surface area contributed by atoms with E-state index in [-0.39, 0.29) is 31.7 Å². The number of allylic oxidation sites excluding steroid dienone is 3. The number of rotatable bonds is 14. The number of carbonyl (C=O) groups is 2. The molecule has 1 aromatic carbocycles. The second kappa shape index (κ2) is 11.5. The minimum atomic E-state index is -1.41. The van der Waals surface area contributed by atoms with E-state index in [4.69, 9.17) is 14.2 Å². The molecule has 3 rings (SSSR count). The Kier molecular flexibility index (Phi) is 8.67. The van der Waals surface area contributed by atoms with Crippen LogP contribution in [0.5, 0.6) is 0 Å². The van der Waals surface area contributed by atoms with Crippen molar-refractivity contribution in [2.24, 2.45) is 10.5 Å². The molecule has 2 saturated heterocycles. The van der Waals surface area contributed by atoms with Crippen molar-refractivity contribution in [2.45, 2.75) is 58.1 Å². The normalized spacial score (nSPS) is 21.6. The number of epoxide rings is 1. The van der Waals surface area contributed by atoms with Gasteiger partial charge in [0.25, 0.3) is 0 Å². The van der Waals surface area contributed by atoms with Crippen molar-refractivity contribution in [1.82, 2.24) is 5.01 Å². The summed E-state index contributed by atoms with van der Waals surface area (Å²) < 4.78 is 16.2. The minimum absolute atomic E-state index is 0.188. The van der Waals surface area contributed by atoms with E-state index in [1.165, 1.54) is 5.56 Å². The zero-order valence-electron chi connectivity index (χ0n) is 20.5. The molecule has 0 radical (unpaired) electrons. The van der Waals surface area contributed by atoms with Gasteiger partial charge >= 0.3 is 11.9 Å². The van der Waals surface area contributed by atoms with Gasteiger partial charge in [-0.2, -0.15) is 5.10 Å². The van der Waals surface area contributed by atoms with Gasteiger partial charge in [-0.15, -0.1) is 6.58 Å². The van der Waals surface area contributed by atoms with Crippen LogP contribution in [0.2, 0.25) is 0 Å². The first kappa shape index (κ1) is 25.7. The van der Waals surface area contributed by atoms with Gasteiger partial charge in [0.15, 0.2) is 5.41 Å². The highest BCUT2D eigenvalue weighted by Gasteiger charge is 2.48. The van der Waals surface area contributed by atoms with Crippen LogP contribution in [0.4, 0.5) is 0 Å². The van der Waals surface area contributed by atoms with Crippen molar-refractivity contribution in [3.63, 3.8) is 0 Å². The molecule has 0 amide bonds. The maximum atomic E-state index is 12.8. The van der Waals surface area contributed by atoms with Crippen LogP contribution in [0.15, 0.2) is 59.7 Å². The largest absolute Gasteiger partial charge is 0.465 e. The summed E-state index contributed by atoms with van der Waals surface area (Å²) in [6.45, 7) is 11.1. The highest BCUT2D eigenvalue weighted by Crippen LogP contribution is 2.37. The van der Waals surface area contributed by atoms with E-state index >= 15 is 0 Å². The van der Waals surface area contributed by atoms with E-state index in [9.17, 15) is 9.59 Å². The van der Waals surface area contributed by atoms with Crippen LogP contribution in [0, 0.1) is 5.41 Å². The summed E-state index contributed by atoms with van der Waals surface area (Å²) in [5.41, 5.74) is 0.260. The molecule has 2 heterocycles. The minimum Gasteiger partial charge on any atom is -0.465 e. The molecule has 2 fully saturated rings. The van der Waals surface area contributed by atoms with Crippen LogP contribution >= 0.6 is 0 Å². The van der Waals surface area contributed by atoms with Crippen LogP contribution in [0.1, 0.15) is 58.1 Å². The van der Waals surface area contributed by atoms with Crippen LogP contribution in [-0.4, -0.2) is 55.1 Å². The molecule has 184 valence electrons. The summed E-state index contributed by atoms with van der Waals surface area (Å²) in [4.78, 5) is 25.6. The molecule has 0 spiro atoms. The summed E-state index contributed by atoms with van der Waals surface area (Å²) in [5, 5.41) is 6.67. The van der Waals surface area contributed by atoms with E-state index < -0.39 is 17.4 Å². The summed E-state index contributed by atoms with van der Waals surface area (Å²) in [6, 6.07) is 10.7. The van der Waals surface area contributed by atoms with Crippen molar-refractivity contribution in [3.8, 4) is 0 Å². The monoisotopic (exact) mass is 468 g/mol. The Bertz CT molecular complexity index is 902. The van der Waals surface area contributed by atoms with Gasteiger partial charge < -0.3 is 14.2 Å². The summed E-state index contributed by atoms with van der Waals surface area (Å²) in [5.74, 6) is -1.14. The van der Waals surface area contributed by atoms with Crippen LogP contribution in [0.25, 0.3) is 0 Å². The third kappa shape index (κ3) is 6.56. The average molecular weight is 469 g/mol. The summed E-state index contributed by atoms with van der Waals surface area (Å²) in [7, 11) is 0. The molecule has 0 aromatic heterocycles. The number of hydrogen-bond acceptors (Lipinski definition) is 7. The third-order valence-electron chi connectivity index (χ3n) is 6.03. The molecule has 2 aliphatic heterocycles. The molecule has 2 aliphatic rings. The van der Waals surface area contributed by atoms with Crippen LogP contribution in [0.3, 0.4) is 0 Å². The van der Waals surface area contributed by atoms with Crippen LogP contribution < -0.4 is 0 Å². The molecule has 0 bridgehead atoms. The van der Waals surface area contributed by atoms with E-state index in [0.717, 1.165) is 25.0 Å². The van der Waals surface area contributed by atoms with Gasteiger partial charge in [0.2, 0.25) is 0 Å². The molecule has 0 aliphatic carbocycles. The Labute approximate surface area is 202 Å². The van der Waals surface area contributed by atoms with E-state index in [2.05, 4.69) is 28.8 Å². The first-order valence-electron chi connectivity index (χ1n) is 12.0. The van der Waals surface area contributed by atoms with E-state index in [0.29, 0.717) is 12.6 Å². The fourth-order valence-electron chi connectivity index (χ4n) is 4.02. The number of hydrogen-bond donors (Lipinski definition) is 0. The predicted octanol–water partition coefficient (Wildman–Crippen LogP) is 4.60. The zero-order chi connectivity index (χ0) is 24.6. The smallest absolute Gasteiger partial charge is 0.324 e. The van der Waals surface area contributed by atoms with Gasteiger partial charge in [-0.3, -0.25) is 14.6 Å². The number of ether oxygens (including phenoxy) is 3. The highest BCUT2D eigenvalue weighted by atomic mass is 16.6. The number of esters is 2. The Morgan fingerprint density at radius 2 is 1.85 bits per heavy atom. The molecule has 7 heteroatoms. The lowest BCUT2D eigenvalue weighted by Gasteiger charge is -2.28. The van der Waals surface area contributed by atoms with E-state index in [1.807, 2.05) is 36.6 Å². The lowest BCUT2D eigenvalue weighted by molar-refractivity contribution is -0.171. The maximum absolute atomic E-state index is 12.8. The molecular formula is C27H36N2O5. The molecule has 0 N–H and O–H groups in total. The first-order chi connectivity index (χ1) is 16.4. The second-order valence-corrected chi connectivity index (χ2v) is 9.02. The van der Waals surface area contributed by atoms with Crippen molar-refractivity contribution >= 4 is 18.2 Å². The Morgan fingerprint density at radius 1 is 1.21 bits per heavy atom. The van der Waals surface area contributed by atoms with Crippen molar-refractivity contribution in [1.29, 1.82) is 0 Å². The van der Waals surface area contributed by atoms with Gasteiger partial charge in [0.1, 0.15) is 5.60 Å². The summed E-state index contributed by atoms with van der Waals surface area (Å²) in [6.07, 6.45) is 7.66. The van der Waals surface area contributed by atoms with Crippen molar-refractivity contribution < 1.29 is 23.8 Å². The van der Waals surface area contributed by atoms with Gasteiger partial charge in [0, 0.05) is 0 Å². The number of benzene rings is 1. The predicted molar refractivity (Wildman–Crippen MR) is 131 cm³/mol. The van der Waals surface area contributed by atoms with Gasteiger partial charge in [-0.25, -0.2) is 0 Å². The average Bonchev–Trinajstić information content (AvgIpc) is 3.73. The molecular weight excluding hydrogens is 432 g/mol. The van der Waals surface area contributed by atoms with Crippen molar-refractivity contribution in [2.75, 3.05) is 26.4 Å². The molecule has 1 aromatic rings. The fourth-order valence-corrected chi connectivity index (χ4v) is 4.02. The zero-order valence-corrected chi connectivity index (χ0v) is 20.5. The maximum Gasteiger partial charge on any atom is 0.324 e. The van der Waals surface area contributed by atoms with Crippen LogP contribution in [-0.2, 0) is 23.8 Å². The standard InChI is InChI=1S/C27H36N2O5/c1-5-32-24(30)27(17-21(3)4,25(31)33-6-2)16-12-8-11-15-26(20-34-26)19-28-29-18-23(29)22-13-9-7-10-14-22/h7-10,12-14,19,23H,3,5-6,11,15-18,20H2,1-2,4H3/b12-8+,28-19+. The van der Waals surface area contributed by atoms with Gasteiger partial charge in [-0.05, 0) is 52.0 Å². The summed E-state index contributed by atoms with van der Waals surface area (Å²) >= 11 is 0. The number of hydrazone groups is 1. The van der Waals surface area contributed by atoms with Crippen molar-refractivity contribution in [3.05, 3.63) is 60.2 Å². The van der Waals surface area contributed by atoms with Gasteiger partial charge in [-0.1, -0.05) is 48.1 Å². The lowest BCUT2D eigenvalue weighted by Crippen LogP contribution is -2.42. The Balaban J connectivity index is 1.55. The fraction of sp³-hybridized carbons (Fsp3) is 0.519. The third-order valence-corrected chi connectivity index (χ3v) is 6.03. The molecule has 7 nitrogen and oxygen atoms in total. The first-order valence-corrected chi connectivity index (χ1v) is 12.0. The SMILES string of the molecule is C=C(C)CC(C/C=C/CCC1(/C=N/N2CC2c2ccccc2)CO1)(C(=O)OCC)C(=O)OCC. The molecule has 34 heavy (non-hydrogen) atoms. The topological polar surface area (TPSA) is 80.5 Å².